The van der Waals surface area contributed by atoms with Crippen molar-refractivity contribution in [1.29, 1.82) is 0 Å². The van der Waals surface area contributed by atoms with E-state index in [2.05, 4.69) is 5.32 Å². The molecule has 0 aliphatic heterocycles. The zero-order chi connectivity index (χ0) is 11.6. The van der Waals surface area contributed by atoms with E-state index in [1.165, 1.54) is 5.56 Å². The van der Waals surface area contributed by atoms with Crippen LogP contribution in [0.3, 0.4) is 0 Å². The van der Waals surface area contributed by atoms with E-state index in [1.54, 1.807) is 11.3 Å². The van der Waals surface area contributed by atoms with E-state index in [0.717, 1.165) is 17.7 Å². The van der Waals surface area contributed by atoms with Crippen molar-refractivity contribution >= 4 is 17.2 Å². The number of hydrogen-bond acceptors (Lipinski definition) is 3. The Kier molecular flexibility index (Phi) is 3.30. The molecule has 1 aromatic heterocycles. The van der Waals surface area contributed by atoms with Crippen LogP contribution in [0.25, 0.3) is 0 Å². The van der Waals surface area contributed by atoms with Gasteiger partial charge in [-0.3, -0.25) is 4.79 Å². The first-order valence-corrected chi connectivity index (χ1v) is 6.53. The predicted molar refractivity (Wildman–Crippen MR) is 64.3 cm³/mol. The van der Waals surface area contributed by atoms with Gasteiger partial charge in [0.2, 0.25) is 0 Å². The number of nitrogens with one attached hydrogen (secondary N) is 1. The van der Waals surface area contributed by atoms with Crippen LogP contribution in [-0.4, -0.2) is 16.6 Å². The number of hydrogen-bond donors (Lipinski definition) is 2. The van der Waals surface area contributed by atoms with Crippen molar-refractivity contribution in [3.8, 4) is 0 Å². The molecule has 4 heteroatoms. The third-order valence-corrected chi connectivity index (χ3v) is 4.25. The van der Waals surface area contributed by atoms with Gasteiger partial charge >= 0.3 is 0 Å². The summed E-state index contributed by atoms with van der Waals surface area (Å²) in [6.07, 6.45) is 3.09. The van der Waals surface area contributed by atoms with Crippen LogP contribution in [0.5, 0.6) is 0 Å². The van der Waals surface area contributed by atoms with E-state index in [9.17, 15) is 9.90 Å². The van der Waals surface area contributed by atoms with Gasteiger partial charge in [-0.15, -0.1) is 11.3 Å². The summed E-state index contributed by atoms with van der Waals surface area (Å²) < 4.78 is 0. The highest BCUT2D eigenvalue weighted by atomic mass is 32.1. The van der Waals surface area contributed by atoms with Crippen molar-refractivity contribution < 1.29 is 9.90 Å². The lowest BCUT2D eigenvalue weighted by Gasteiger charge is -2.20. The lowest BCUT2D eigenvalue weighted by molar-refractivity contribution is -0.139. The molecule has 16 heavy (non-hydrogen) atoms. The number of rotatable bonds is 3. The fourth-order valence-corrected chi connectivity index (χ4v) is 2.94. The molecule has 2 rings (SSSR count). The van der Waals surface area contributed by atoms with Gasteiger partial charge in [0.15, 0.2) is 0 Å². The molecule has 0 unspecified atom stereocenters. The van der Waals surface area contributed by atoms with Gasteiger partial charge in [-0.2, -0.15) is 0 Å². The van der Waals surface area contributed by atoms with Gasteiger partial charge in [-0.1, -0.05) is 0 Å². The van der Waals surface area contributed by atoms with Crippen molar-refractivity contribution in [2.75, 3.05) is 0 Å². The first-order chi connectivity index (χ1) is 7.62. The minimum atomic E-state index is -1.11. The lowest BCUT2D eigenvalue weighted by Crippen LogP contribution is -2.44. The Morgan fingerprint density at radius 3 is 2.81 bits per heavy atom. The van der Waals surface area contributed by atoms with Crippen LogP contribution in [0.4, 0.5) is 0 Å². The minimum Gasteiger partial charge on any atom is -0.380 e. The third kappa shape index (κ3) is 2.28. The van der Waals surface area contributed by atoms with Gasteiger partial charge in [0.25, 0.3) is 5.91 Å². The highest BCUT2D eigenvalue weighted by molar-refractivity contribution is 7.10. The summed E-state index contributed by atoms with van der Waals surface area (Å²) in [6, 6.07) is 2.04. The standard InChI is InChI=1S/C12H17NO2S/c1-9-4-7-16-10(9)8-13-11(14)12(15)5-2-3-6-12/h4,7,15H,2-3,5-6,8H2,1H3,(H,13,14). The molecule has 1 saturated carbocycles. The van der Waals surface area contributed by atoms with E-state index in [4.69, 9.17) is 0 Å². The van der Waals surface area contributed by atoms with Crippen LogP contribution < -0.4 is 5.32 Å². The van der Waals surface area contributed by atoms with Crippen molar-refractivity contribution in [2.24, 2.45) is 0 Å². The number of amides is 1. The number of aliphatic hydroxyl groups is 1. The highest BCUT2D eigenvalue weighted by Gasteiger charge is 2.38. The molecular formula is C12H17NO2S. The normalized spacial score (nSPS) is 18.6. The maximum absolute atomic E-state index is 11.8. The number of carbonyl (C=O) groups is 1. The van der Waals surface area contributed by atoms with Gasteiger partial charge in [0, 0.05) is 4.88 Å². The molecule has 2 N–H and O–H groups in total. The molecule has 1 aliphatic carbocycles. The van der Waals surface area contributed by atoms with Crippen molar-refractivity contribution in [2.45, 2.75) is 44.8 Å². The van der Waals surface area contributed by atoms with E-state index in [0.29, 0.717) is 19.4 Å². The highest BCUT2D eigenvalue weighted by Crippen LogP contribution is 2.29. The van der Waals surface area contributed by atoms with Gasteiger partial charge < -0.3 is 10.4 Å². The maximum atomic E-state index is 11.8. The molecule has 1 amide bonds. The Morgan fingerprint density at radius 1 is 1.56 bits per heavy atom. The smallest absolute Gasteiger partial charge is 0.252 e. The Labute approximate surface area is 99.5 Å². The van der Waals surface area contributed by atoms with Crippen LogP contribution in [0.2, 0.25) is 0 Å². The molecule has 1 fully saturated rings. The fraction of sp³-hybridized carbons (Fsp3) is 0.583. The molecule has 3 nitrogen and oxygen atoms in total. The monoisotopic (exact) mass is 239 g/mol. The van der Waals surface area contributed by atoms with E-state index in [1.807, 2.05) is 18.4 Å². The van der Waals surface area contributed by atoms with Crippen LogP contribution in [0, 0.1) is 6.92 Å². The maximum Gasteiger partial charge on any atom is 0.252 e. The van der Waals surface area contributed by atoms with Gasteiger partial charge in [0.1, 0.15) is 5.60 Å². The SMILES string of the molecule is Cc1ccsc1CNC(=O)C1(O)CCCC1. The summed E-state index contributed by atoms with van der Waals surface area (Å²) >= 11 is 1.64. The lowest BCUT2D eigenvalue weighted by atomic mass is 10.0. The zero-order valence-electron chi connectivity index (χ0n) is 9.45. The van der Waals surface area contributed by atoms with E-state index in [-0.39, 0.29) is 5.91 Å². The largest absolute Gasteiger partial charge is 0.380 e. The summed E-state index contributed by atoms with van der Waals surface area (Å²) in [7, 11) is 0. The molecule has 0 spiro atoms. The molecule has 0 saturated heterocycles. The Morgan fingerprint density at radius 2 is 2.25 bits per heavy atom. The molecule has 0 radical (unpaired) electrons. The minimum absolute atomic E-state index is 0.210. The van der Waals surface area contributed by atoms with E-state index < -0.39 is 5.60 Å². The summed E-state index contributed by atoms with van der Waals surface area (Å²) in [4.78, 5) is 13.0. The number of aryl methyl sites for hydroxylation is 1. The topological polar surface area (TPSA) is 49.3 Å². The Balaban J connectivity index is 1.91. The van der Waals surface area contributed by atoms with Crippen molar-refractivity contribution in [3.05, 3.63) is 21.9 Å². The number of carbonyl (C=O) groups excluding carboxylic acids is 1. The number of thiophene rings is 1. The van der Waals surface area contributed by atoms with E-state index >= 15 is 0 Å². The predicted octanol–water partition coefficient (Wildman–Crippen LogP) is 1.98. The summed E-state index contributed by atoms with van der Waals surface area (Å²) in [5.74, 6) is -0.210. The van der Waals surface area contributed by atoms with Gasteiger partial charge in [-0.25, -0.2) is 0 Å². The molecule has 1 heterocycles. The van der Waals surface area contributed by atoms with Gasteiger partial charge in [0.05, 0.1) is 6.54 Å². The molecule has 0 atom stereocenters. The van der Waals surface area contributed by atoms with Crippen molar-refractivity contribution in [1.82, 2.24) is 5.32 Å². The zero-order valence-corrected chi connectivity index (χ0v) is 10.3. The Bertz CT molecular complexity index is 380. The van der Waals surface area contributed by atoms with Crippen LogP contribution in [0.1, 0.15) is 36.1 Å². The van der Waals surface area contributed by atoms with Crippen molar-refractivity contribution in [3.63, 3.8) is 0 Å². The van der Waals surface area contributed by atoms with Crippen LogP contribution in [0.15, 0.2) is 11.4 Å². The molecule has 88 valence electrons. The summed E-state index contributed by atoms with van der Waals surface area (Å²) in [5.41, 5.74) is 0.0919. The third-order valence-electron chi connectivity index (χ3n) is 3.23. The molecule has 1 aliphatic rings. The average Bonchev–Trinajstić information content (AvgIpc) is 2.85. The second kappa shape index (κ2) is 4.55. The second-order valence-corrected chi connectivity index (χ2v) is 5.45. The molecule has 1 aromatic rings. The Hall–Kier alpha value is -0.870. The fourth-order valence-electron chi connectivity index (χ4n) is 2.10. The molecule has 0 aromatic carbocycles. The first-order valence-electron chi connectivity index (χ1n) is 5.65. The average molecular weight is 239 g/mol. The van der Waals surface area contributed by atoms with Gasteiger partial charge in [-0.05, 0) is 49.6 Å². The quantitative estimate of drug-likeness (QED) is 0.847. The van der Waals surface area contributed by atoms with Crippen LogP contribution in [-0.2, 0) is 11.3 Å². The van der Waals surface area contributed by atoms with Crippen LogP contribution >= 0.6 is 11.3 Å². The first kappa shape index (κ1) is 11.6. The molecule has 0 bridgehead atoms. The summed E-state index contributed by atoms with van der Waals surface area (Å²) in [5, 5.41) is 14.9. The summed E-state index contributed by atoms with van der Waals surface area (Å²) in [6.45, 7) is 2.56. The molecular weight excluding hydrogens is 222 g/mol. The second-order valence-electron chi connectivity index (χ2n) is 4.45.